The topological polar surface area (TPSA) is 99.3 Å². The van der Waals surface area contributed by atoms with Gasteiger partial charge < -0.3 is 15.3 Å². The molecule has 7 nitrogen and oxygen atoms in total. The van der Waals surface area contributed by atoms with Gasteiger partial charge in [-0.05, 0) is 109 Å². The van der Waals surface area contributed by atoms with Gasteiger partial charge in [0.2, 0.25) is 5.91 Å². The number of carbonyl (C=O) groups is 1. The summed E-state index contributed by atoms with van der Waals surface area (Å²) in [6, 6.07) is 27.2. The lowest BCUT2D eigenvalue weighted by Gasteiger charge is -2.13. The zero-order chi connectivity index (χ0) is 44.8. The van der Waals surface area contributed by atoms with Crippen molar-refractivity contribution < 1.29 is 31.1 Å². The van der Waals surface area contributed by atoms with Crippen molar-refractivity contribution in [2.75, 3.05) is 5.32 Å². The third-order valence-corrected chi connectivity index (χ3v) is 11.2. The average Bonchev–Trinajstić information content (AvgIpc) is 4.15. The summed E-state index contributed by atoms with van der Waals surface area (Å²) >= 11 is 0. The quantitative estimate of drug-likeness (QED) is 0.132. The van der Waals surface area contributed by atoms with E-state index in [2.05, 4.69) is 20.3 Å². The van der Waals surface area contributed by atoms with Gasteiger partial charge in [0.05, 0.1) is 39.5 Å². The van der Waals surface area contributed by atoms with E-state index in [1.807, 2.05) is 6.07 Å². The lowest BCUT2D eigenvalue weighted by Crippen LogP contribution is -2.13. The Morgan fingerprint density at radius 3 is 1.31 bits per heavy atom. The summed E-state index contributed by atoms with van der Waals surface area (Å²) in [6.07, 6.45) is 10.1. The number of aromatic nitrogens is 5. The van der Waals surface area contributed by atoms with E-state index in [4.69, 9.17) is 9.97 Å². The van der Waals surface area contributed by atoms with Crippen molar-refractivity contribution in [2.24, 2.45) is 0 Å². The van der Waals surface area contributed by atoms with Crippen LogP contribution in [0.25, 0.3) is 90.9 Å². The highest BCUT2D eigenvalue weighted by Crippen LogP contribution is 2.42. The molecule has 2 aliphatic heterocycles. The molecule has 0 fully saturated rings. The SMILES string of the molecule is O=C(CCc1cccnc1)Nc1ccccc1-c1c2nc(c(-c3c(F)cccc3F)c3ccc([nH]3)c(-c3c(F)cccc3F)c3nc(c(-c4c(F)cccc4F)c4ccc1[nH]4)C=C3)C=C2. The zero-order valence-corrected chi connectivity index (χ0v) is 33.9. The van der Waals surface area contributed by atoms with E-state index in [1.165, 1.54) is 42.5 Å². The summed E-state index contributed by atoms with van der Waals surface area (Å²) in [4.78, 5) is 33.9. The Balaban J connectivity index is 1.33. The minimum atomic E-state index is -0.937. The van der Waals surface area contributed by atoms with Gasteiger partial charge in [0.25, 0.3) is 0 Å². The first-order valence-electron chi connectivity index (χ1n) is 20.4. The molecule has 0 atom stereocenters. The number of aromatic amines is 2. The lowest BCUT2D eigenvalue weighted by molar-refractivity contribution is -0.116. The molecule has 0 spiro atoms. The van der Waals surface area contributed by atoms with Gasteiger partial charge in [0.1, 0.15) is 34.9 Å². The number of nitrogens with zero attached hydrogens (tertiary/aromatic N) is 3. The Morgan fingerprint density at radius 2 is 0.877 bits per heavy atom. The molecule has 4 aromatic heterocycles. The molecule has 2 aliphatic rings. The Hall–Kier alpha value is -8.32. The second kappa shape index (κ2) is 16.8. The van der Waals surface area contributed by atoms with Gasteiger partial charge >= 0.3 is 0 Å². The number of rotatable bonds is 8. The minimum Gasteiger partial charge on any atom is -0.354 e. The predicted octanol–water partition coefficient (Wildman–Crippen LogP) is 13.1. The fourth-order valence-corrected chi connectivity index (χ4v) is 8.31. The van der Waals surface area contributed by atoms with E-state index < -0.39 is 51.6 Å². The van der Waals surface area contributed by atoms with E-state index >= 15 is 26.3 Å². The predicted molar refractivity (Wildman–Crippen MR) is 242 cm³/mol. The average molecular weight is 871 g/mol. The van der Waals surface area contributed by atoms with Crippen LogP contribution in [0.15, 0.2) is 128 Å². The summed E-state index contributed by atoms with van der Waals surface area (Å²) < 4.78 is 95.7. The summed E-state index contributed by atoms with van der Waals surface area (Å²) in [7, 11) is 0. The maximum atomic E-state index is 16.0. The number of fused-ring (bicyclic) bond motifs is 8. The number of hydrogen-bond acceptors (Lipinski definition) is 4. The van der Waals surface area contributed by atoms with Gasteiger partial charge in [0, 0.05) is 74.4 Å². The molecule has 8 aromatic rings. The van der Waals surface area contributed by atoms with Gasteiger partial charge in [-0.3, -0.25) is 9.78 Å². The first-order valence-corrected chi connectivity index (χ1v) is 20.4. The van der Waals surface area contributed by atoms with Crippen LogP contribution in [-0.2, 0) is 11.2 Å². The molecular formula is C52H32F6N6O. The highest BCUT2D eigenvalue weighted by molar-refractivity contribution is 6.03. The number of para-hydroxylation sites is 1. The fourth-order valence-electron chi connectivity index (χ4n) is 8.31. The lowest BCUT2D eigenvalue weighted by atomic mass is 10.0. The Kier molecular flexibility index (Phi) is 10.5. The van der Waals surface area contributed by atoms with Crippen molar-refractivity contribution in [3.63, 3.8) is 0 Å². The number of pyridine rings is 1. The molecule has 4 aromatic carbocycles. The van der Waals surface area contributed by atoms with Gasteiger partial charge in [-0.1, -0.05) is 42.5 Å². The van der Waals surface area contributed by atoms with Crippen LogP contribution in [0.4, 0.5) is 32.0 Å². The van der Waals surface area contributed by atoms with E-state index in [9.17, 15) is 4.79 Å². The minimum absolute atomic E-state index is 0.0103. The number of benzene rings is 4. The van der Waals surface area contributed by atoms with Crippen molar-refractivity contribution in [1.29, 1.82) is 0 Å². The van der Waals surface area contributed by atoms with Crippen molar-refractivity contribution >= 4 is 58.0 Å². The maximum absolute atomic E-state index is 16.0. The summed E-state index contributed by atoms with van der Waals surface area (Å²) in [6.45, 7) is 0. The number of aryl methyl sites for hydroxylation is 1. The summed E-state index contributed by atoms with van der Waals surface area (Å²) in [5.74, 6) is -5.76. The number of carbonyl (C=O) groups excluding carboxylic acids is 1. The van der Waals surface area contributed by atoms with Crippen molar-refractivity contribution in [2.45, 2.75) is 12.8 Å². The van der Waals surface area contributed by atoms with Crippen LogP contribution in [0.1, 0.15) is 34.8 Å². The highest BCUT2D eigenvalue weighted by atomic mass is 19.2. The monoisotopic (exact) mass is 870 g/mol. The van der Waals surface area contributed by atoms with Gasteiger partial charge in [-0.2, -0.15) is 0 Å². The standard InChI is InChI=1S/C52H32F6N6O/c53-30-9-3-10-31(54)47(30)50-39-19-17-37(60-39)46(29-8-1-2-15-36(29)64-45(65)25-16-28-7-6-26-59-27-28)38-18-20-40(61-38)51(48-32(55)11-4-12-33(48)56)42-22-24-44(63-42)52(43-23-21-41(50)62-43)49-34(57)13-5-14-35(49)58/h1-15,17-24,26-27,60,63H,16,25H2,(H,64,65). The molecule has 0 radical (unpaired) electrons. The Labute approximate surface area is 366 Å². The fraction of sp³-hybridized carbons (Fsp3) is 0.0385. The molecule has 13 heteroatoms. The third kappa shape index (κ3) is 7.56. The molecule has 3 N–H and O–H groups in total. The number of nitrogens with one attached hydrogen (secondary N) is 3. The number of halogens is 6. The molecule has 6 heterocycles. The largest absolute Gasteiger partial charge is 0.354 e. The molecule has 0 saturated heterocycles. The van der Waals surface area contributed by atoms with Crippen LogP contribution in [0, 0.1) is 34.9 Å². The van der Waals surface area contributed by atoms with Gasteiger partial charge in [-0.25, -0.2) is 36.3 Å². The van der Waals surface area contributed by atoms with Crippen LogP contribution < -0.4 is 5.32 Å². The molecule has 0 aliphatic carbocycles. The van der Waals surface area contributed by atoms with Crippen LogP contribution in [0.5, 0.6) is 0 Å². The first kappa shape index (κ1) is 40.7. The van der Waals surface area contributed by atoms with Crippen LogP contribution in [-0.4, -0.2) is 30.8 Å². The molecular weight excluding hydrogens is 839 g/mol. The van der Waals surface area contributed by atoms with Gasteiger partial charge in [0.15, 0.2) is 0 Å². The number of hydrogen-bond donors (Lipinski definition) is 3. The van der Waals surface area contributed by atoms with Crippen LogP contribution in [0.2, 0.25) is 0 Å². The normalized spacial score (nSPS) is 11.9. The Bertz CT molecular complexity index is 3360. The van der Waals surface area contributed by atoms with E-state index in [0.29, 0.717) is 28.8 Å². The second-order valence-electron chi connectivity index (χ2n) is 15.2. The van der Waals surface area contributed by atoms with Crippen molar-refractivity contribution in [3.05, 3.63) is 191 Å². The smallest absolute Gasteiger partial charge is 0.224 e. The molecule has 8 bridgehead atoms. The molecule has 10 rings (SSSR count). The summed E-state index contributed by atoms with van der Waals surface area (Å²) in [5.41, 5.74) is 2.02. The maximum Gasteiger partial charge on any atom is 0.224 e. The molecule has 1 amide bonds. The van der Waals surface area contributed by atoms with Crippen molar-refractivity contribution in [3.8, 4) is 44.5 Å². The molecule has 65 heavy (non-hydrogen) atoms. The van der Waals surface area contributed by atoms with Crippen molar-refractivity contribution in [1.82, 2.24) is 24.9 Å². The zero-order valence-electron chi connectivity index (χ0n) is 33.9. The molecule has 0 unspecified atom stereocenters. The molecule has 318 valence electrons. The first-order chi connectivity index (χ1) is 31.6. The van der Waals surface area contributed by atoms with E-state index in [-0.39, 0.29) is 68.3 Å². The third-order valence-electron chi connectivity index (χ3n) is 11.2. The number of anilines is 1. The van der Waals surface area contributed by atoms with Crippen LogP contribution >= 0.6 is 0 Å². The number of amides is 1. The number of H-pyrrole nitrogens is 2. The molecule has 0 saturated carbocycles. The van der Waals surface area contributed by atoms with E-state index in [1.54, 1.807) is 67.0 Å². The second-order valence-corrected chi connectivity index (χ2v) is 15.2. The highest BCUT2D eigenvalue weighted by Gasteiger charge is 2.25. The van der Waals surface area contributed by atoms with Gasteiger partial charge in [-0.15, -0.1) is 0 Å². The Morgan fingerprint density at radius 1 is 0.462 bits per heavy atom. The van der Waals surface area contributed by atoms with E-state index in [0.717, 1.165) is 42.0 Å². The summed E-state index contributed by atoms with van der Waals surface area (Å²) in [5, 5.41) is 3.02. The van der Waals surface area contributed by atoms with Crippen LogP contribution in [0.3, 0.4) is 0 Å².